The van der Waals surface area contributed by atoms with Crippen molar-refractivity contribution in [2.45, 2.75) is 26.2 Å². The highest BCUT2D eigenvalue weighted by atomic mass is 35.5. The first-order valence-electron chi connectivity index (χ1n) is 5.40. The van der Waals surface area contributed by atoms with Crippen LogP contribution in [0.1, 0.15) is 25.8 Å². The topological polar surface area (TPSA) is 12.9 Å². The Hall–Kier alpha value is -0.280. The van der Waals surface area contributed by atoms with Gasteiger partial charge in [0.2, 0.25) is 0 Å². The van der Waals surface area contributed by atoms with Crippen LogP contribution >= 0.6 is 46.1 Å². The van der Waals surface area contributed by atoms with Crippen LogP contribution in [0.4, 0.5) is 0 Å². The summed E-state index contributed by atoms with van der Waals surface area (Å²) in [4.78, 5) is 4.61. The van der Waals surface area contributed by atoms with E-state index in [-0.39, 0.29) is 5.41 Å². The zero-order valence-corrected chi connectivity index (χ0v) is 13.3. The first-order valence-corrected chi connectivity index (χ1v) is 7.41. The third kappa shape index (κ3) is 2.83. The zero-order valence-electron chi connectivity index (χ0n) is 10.2. The molecule has 0 radical (unpaired) electrons. The molecule has 2 rings (SSSR count). The summed E-state index contributed by atoms with van der Waals surface area (Å²) in [6, 6.07) is 3.36. The third-order valence-electron chi connectivity index (χ3n) is 2.41. The van der Waals surface area contributed by atoms with Crippen molar-refractivity contribution in [2.75, 3.05) is 0 Å². The van der Waals surface area contributed by atoms with E-state index >= 15 is 0 Å². The van der Waals surface area contributed by atoms with Crippen molar-refractivity contribution < 1.29 is 0 Å². The monoisotopic (exact) mass is 319 g/mol. The number of hydrogen-bond donors (Lipinski definition) is 0. The Morgan fingerprint density at radius 3 is 2.06 bits per heavy atom. The number of aromatic nitrogens is 1. The third-order valence-corrected chi connectivity index (χ3v) is 4.49. The second kappa shape index (κ2) is 5.01. The van der Waals surface area contributed by atoms with Crippen LogP contribution in [-0.2, 0) is 5.41 Å². The Kier molecular flexibility index (Phi) is 3.93. The van der Waals surface area contributed by atoms with Gasteiger partial charge in [0, 0.05) is 21.4 Å². The van der Waals surface area contributed by atoms with E-state index in [0.717, 1.165) is 16.3 Å². The Morgan fingerprint density at radius 2 is 1.61 bits per heavy atom. The Balaban J connectivity index is 2.53. The molecule has 0 bridgehead atoms. The average molecular weight is 321 g/mol. The molecule has 1 heterocycles. The van der Waals surface area contributed by atoms with Crippen molar-refractivity contribution in [3.8, 4) is 11.3 Å². The molecule has 0 aliphatic carbocycles. The second-order valence-corrected chi connectivity index (χ2v) is 7.14. The van der Waals surface area contributed by atoms with Gasteiger partial charge in [0.25, 0.3) is 0 Å². The highest BCUT2D eigenvalue weighted by molar-refractivity contribution is 7.10. The Morgan fingerprint density at radius 1 is 1.06 bits per heavy atom. The molecule has 0 aliphatic heterocycles. The van der Waals surface area contributed by atoms with Crippen LogP contribution in [0.25, 0.3) is 11.3 Å². The minimum Gasteiger partial charge on any atom is -0.241 e. The SMILES string of the molecule is CC(C)(C)c1nc(-c2c(Cl)cc(Cl)cc2Cl)cs1. The summed E-state index contributed by atoms with van der Waals surface area (Å²) in [5, 5.41) is 4.61. The summed E-state index contributed by atoms with van der Waals surface area (Å²) < 4.78 is 0. The second-order valence-electron chi connectivity index (χ2n) is 5.03. The fraction of sp³-hybridized carbons (Fsp3) is 0.308. The predicted molar refractivity (Wildman–Crippen MR) is 81.3 cm³/mol. The van der Waals surface area contributed by atoms with Gasteiger partial charge in [-0.15, -0.1) is 11.3 Å². The van der Waals surface area contributed by atoms with Gasteiger partial charge in [-0.1, -0.05) is 55.6 Å². The van der Waals surface area contributed by atoms with Crippen LogP contribution in [-0.4, -0.2) is 4.98 Å². The molecule has 0 amide bonds. The maximum absolute atomic E-state index is 6.19. The lowest BCUT2D eigenvalue weighted by Crippen LogP contribution is -2.10. The maximum atomic E-state index is 6.19. The smallest absolute Gasteiger partial charge is 0.0986 e. The van der Waals surface area contributed by atoms with Gasteiger partial charge in [0.1, 0.15) is 0 Å². The summed E-state index contributed by atoms with van der Waals surface area (Å²) in [5.41, 5.74) is 1.57. The summed E-state index contributed by atoms with van der Waals surface area (Å²) in [6.45, 7) is 6.38. The van der Waals surface area contributed by atoms with E-state index in [1.165, 1.54) is 0 Å². The molecule has 1 nitrogen and oxygen atoms in total. The van der Waals surface area contributed by atoms with Gasteiger partial charge in [0.05, 0.1) is 20.7 Å². The van der Waals surface area contributed by atoms with Crippen molar-refractivity contribution in [3.05, 3.63) is 37.6 Å². The minimum atomic E-state index is 0.0221. The van der Waals surface area contributed by atoms with Crippen molar-refractivity contribution >= 4 is 46.1 Å². The number of nitrogens with zero attached hydrogens (tertiary/aromatic N) is 1. The number of hydrogen-bond acceptors (Lipinski definition) is 2. The van der Waals surface area contributed by atoms with E-state index in [9.17, 15) is 0 Å². The molecule has 0 unspecified atom stereocenters. The number of thiazole rings is 1. The lowest BCUT2D eigenvalue weighted by molar-refractivity contribution is 0.586. The number of benzene rings is 1. The van der Waals surface area contributed by atoms with E-state index in [1.54, 1.807) is 23.5 Å². The van der Waals surface area contributed by atoms with Gasteiger partial charge >= 0.3 is 0 Å². The lowest BCUT2D eigenvalue weighted by Gasteiger charge is -2.13. The van der Waals surface area contributed by atoms with Crippen LogP contribution in [0.3, 0.4) is 0 Å². The predicted octanol–water partition coefficient (Wildman–Crippen LogP) is 6.07. The molecule has 0 atom stereocenters. The molecule has 5 heteroatoms. The molecule has 0 spiro atoms. The zero-order chi connectivity index (χ0) is 13.5. The van der Waals surface area contributed by atoms with Crippen molar-refractivity contribution in [1.82, 2.24) is 4.98 Å². The first kappa shape index (κ1) is 14.1. The molecule has 0 N–H and O–H groups in total. The molecule has 0 saturated carbocycles. The van der Waals surface area contributed by atoms with E-state index < -0.39 is 0 Å². The summed E-state index contributed by atoms with van der Waals surface area (Å²) in [7, 11) is 0. The fourth-order valence-corrected chi connectivity index (χ4v) is 3.43. The number of rotatable bonds is 1. The summed E-state index contributed by atoms with van der Waals surface area (Å²) in [6.07, 6.45) is 0. The van der Waals surface area contributed by atoms with E-state index in [4.69, 9.17) is 34.8 Å². The molecule has 0 fully saturated rings. The Bertz CT molecular complexity index is 561. The van der Waals surface area contributed by atoms with Gasteiger partial charge in [-0.2, -0.15) is 0 Å². The largest absolute Gasteiger partial charge is 0.241 e. The van der Waals surface area contributed by atoms with Gasteiger partial charge < -0.3 is 0 Å². The first-order chi connectivity index (χ1) is 8.29. The normalized spacial score (nSPS) is 11.9. The molecule has 96 valence electrons. The molecule has 18 heavy (non-hydrogen) atoms. The molecule has 1 aromatic carbocycles. The van der Waals surface area contributed by atoms with Gasteiger partial charge in [-0.3, -0.25) is 0 Å². The molecule has 1 aromatic heterocycles. The molecular weight excluding hydrogens is 309 g/mol. The molecule has 0 aliphatic rings. The molecule has 0 saturated heterocycles. The van der Waals surface area contributed by atoms with Crippen molar-refractivity contribution in [1.29, 1.82) is 0 Å². The van der Waals surface area contributed by atoms with E-state index in [2.05, 4.69) is 25.8 Å². The molecular formula is C13H12Cl3NS. The van der Waals surface area contributed by atoms with Crippen LogP contribution in [0.5, 0.6) is 0 Å². The fourth-order valence-electron chi connectivity index (χ4n) is 1.52. The van der Waals surface area contributed by atoms with Gasteiger partial charge in [0.15, 0.2) is 0 Å². The highest BCUT2D eigenvalue weighted by Crippen LogP contribution is 2.39. The van der Waals surface area contributed by atoms with E-state index in [1.807, 2.05) is 5.38 Å². The minimum absolute atomic E-state index is 0.0221. The summed E-state index contributed by atoms with van der Waals surface area (Å²) >= 11 is 19.9. The lowest BCUT2D eigenvalue weighted by atomic mass is 9.98. The van der Waals surface area contributed by atoms with Crippen LogP contribution in [0.15, 0.2) is 17.5 Å². The highest BCUT2D eigenvalue weighted by Gasteiger charge is 2.20. The van der Waals surface area contributed by atoms with Gasteiger partial charge in [-0.05, 0) is 12.1 Å². The Labute approximate surface area is 126 Å². The quantitative estimate of drug-likeness (QED) is 0.621. The van der Waals surface area contributed by atoms with E-state index in [0.29, 0.717) is 15.1 Å². The van der Waals surface area contributed by atoms with Crippen molar-refractivity contribution in [3.63, 3.8) is 0 Å². The van der Waals surface area contributed by atoms with Crippen LogP contribution in [0.2, 0.25) is 15.1 Å². The van der Waals surface area contributed by atoms with Crippen LogP contribution in [0, 0.1) is 0 Å². The standard InChI is InChI=1S/C13H12Cl3NS/c1-13(2,3)12-17-10(6-18-12)11-8(15)4-7(14)5-9(11)16/h4-6H,1-3H3. The maximum Gasteiger partial charge on any atom is 0.0986 e. The van der Waals surface area contributed by atoms with Crippen LogP contribution < -0.4 is 0 Å². The molecule has 2 aromatic rings. The summed E-state index contributed by atoms with van der Waals surface area (Å²) in [5.74, 6) is 0. The number of halogens is 3. The van der Waals surface area contributed by atoms with Gasteiger partial charge in [-0.25, -0.2) is 4.98 Å². The van der Waals surface area contributed by atoms with Crippen molar-refractivity contribution in [2.24, 2.45) is 0 Å². The average Bonchev–Trinajstić information content (AvgIpc) is 2.64.